The van der Waals surface area contributed by atoms with Crippen LogP contribution in [0.5, 0.6) is 0 Å². The van der Waals surface area contributed by atoms with Crippen molar-refractivity contribution in [3.05, 3.63) is 0 Å². The molecule has 0 heterocycles. The van der Waals surface area contributed by atoms with Crippen molar-refractivity contribution in [3.63, 3.8) is 0 Å². The van der Waals surface area contributed by atoms with Gasteiger partial charge in [-0.2, -0.15) is 0 Å². The van der Waals surface area contributed by atoms with Crippen LogP contribution in [0.25, 0.3) is 0 Å². The Labute approximate surface area is 170 Å². The fourth-order valence-electron chi connectivity index (χ4n) is 7.00. The number of rotatable bonds is 1. The van der Waals surface area contributed by atoms with Crippen LogP contribution in [0.3, 0.4) is 0 Å². The van der Waals surface area contributed by atoms with Gasteiger partial charge in [-0.1, -0.05) is 61.3 Å². The maximum absolute atomic E-state index is 12.2. The van der Waals surface area contributed by atoms with E-state index in [1.807, 2.05) is 48.7 Å². The highest BCUT2D eigenvalue weighted by atomic mass is 16.5. The molecule has 27 heavy (non-hydrogen) atoms. The van der Waals surface area contributed by atoms with E-state index in [9.17, 15) is 4.79 Å². The minimum atomic E-state index is 0.410. The zero-order valence-electron chi connectivity index (χ0n) is 19.6. The molecule has 0 spiro atoms. The van der Waals surface area contributed by atoms with Gasteiger partial charge in [0, 0.05) is 19.4 Å². The zero-order valence-corrected chi connectivity index (χ0v) is 19.6. The van der Waals surface area contributed by atoms with Crippen LogP contribution in [0.1, 0.15) is 106 Å². The fraction of sp³-hybridized carbons (Fsp3) is 0.960. The molecule has 160 valence electrons. The fourth-order valence-corrected chi connectivity index (χ4v) is 7.00. The van der Waals surface area contributed by atoms with Crippen LogP contribution in [-0.2, 0) is 9.53 Å². The highest BCUT2D eigenvalue weighted by Crippen LogP contribution is 2.62. The molecule has 7 unspecified atom stereocenters. The standard InChI is InChI=1S/C19H30O2.3C2H6/c1-19-10-4-3-5-16(19)18(21-2)11-14-12-7-9-17(20)13(12)6-8-15(14)19;3*1-2/h12-16,18H,3-11H2,1-2H3;3*1-2H3. The summed E-state index contributed by atoms with van der Waals surface area (Å²) in [5.74, 6) is 4.07. The van der Waals surface area contributed by atoms with Crippen LogP contribution in [0.15, 0.2) is 0 Å². The average Bonchev–Trinajstić information content (AvgIpc) is 3.13. The van der Waals surface area contributed by atoms with Gasteiger partial charge in [-0.25, -0.2) is 0 Å². The summed E-state index contributed by atoms with van der Waals surface area (Å²) in [7, 11) is 1.92. The van der Waals surface area contributed by atoms with Gasteiger partial charge in [0.25, 0.3) is 0 Å². The molecule has 0 aliphatic heterocycles. The summed E-state index contributed by atoms with van der Waals surface area (Å²) < 4.78 is 5.97. The molecule has 2 nitrogen and oxygen atoms in total. The first-order valence-corrected chi connectivity index (χ1v) is 12.2. The van der Waals surface area contributed by atoms with Gasteiger partial charge in [0.2, 0.25) is 0 Å². The Bertz CT molecular complexity index is 432. The molecular formula is C25H48O2. The van der Waals surface area contributed by atoms with E-state index < -0.39 is 0 Å². The van der Waals surface area contributed by atoms with Crippen molar-refractivity contribution in [1.82, 2.24) is 0 Å². The number of fused-ring (bicyclic) bond motifs is 5. The molecule has 4 fully saturated rings. The summed E-state index contributed by atoms with van der Waals surface area (Å²) in [6, 6.07) is 0. The second-order valence-electron chi connectivity index (χ2n) is 8.49. The molecule has 0 aromatic heterocycles. The third-order valence-electron chi connectivity index (χ3n) is 7.94. The van der Waals surface area contributed by atoms with Gasteiger partial charge in [0.05, 0.1) is 6.10 Å². The van der Waals surface area contributed by atoms with E-state index in [0.29, 0.717) is 29.1 Å². The van der Waals surface area contributed by atoms with E-state index in [1.165, 1.54) is 51.4 Å². The molecule has 4 aliphatic rings. The zero-order chi connectivity index (χ0) is 20.6. The Morgan fingerprint density at radius 3 is 2.15 bits per heavy atom. The van der Waals surface area contributed by atoms with E-state index in [-0.39, 0.29) is 0 Å². The highest BCUT2D eigenvalue weighted by Gasteiger charge is 2.58. The smallest absolute Gasteiger partial charge is 0.136 e. The van der Waals surface area contributed by atoms with E-state index >= 15 is 0 Å². The predicted octanol–water partition coefficient (Wildman–Crippen LogP) is 7.30. The molecule has 0 aromatic carbocycles. The number of hydrogen-bond donors (Lipinski definition) is 0. The molecule has 0 N–H and O–H groups in total. The van der Waals surface area contributed by atoms with Gasteiger partial charge < -0.3 is 4.74 Å². The summed E-state index contributed by atoms with van der Waals surface area (Å²) in [5, 5.41) is 0. The van der Waals surface area contributed by atoms with Crippen molar-refractivity contribution in [1.29, 1.82) is 0 Å². The van der Waals surface area contributed by atoms with Crippen LogP contribution < -0.4 is 0 Å². The lowest BCUT2D eigenvalue weighted by molar-refractivity contribution is -0.154. The van der Waals surface area contributed by atoms with E-state index in [1.54, 1.807) is 0 Å². The minimum absolute atomic E-state index is 0.410. The second kappa shape index (κ2) is 11.6. The van der Waals surface area contributed by atoms with Gasteiger partial charge in [0.15, 0.2) is 0 Å². The lowest BCUT2D eigenvalue weighted by atomic mass is 9.46. The van der Waals surface area contributed by atoms with Gasteiger partial charge in [-0.05, 0) is 67.6 Å². The number of ketones is 1. The first-order valence-electron chi connectivity index (χ1n) is 12.2. The van der Waals surface area contributed by atoms with Crippen molar-refractivity contribution >= 4 is 5.78 Å². The van der Waals surface area contributed by atoms with Gasteiger partial charge in [0.1, 0.15) is 5.78 Å². The van der Waals surface area contributed by atoms with Gasteiger partial charge in [-0.15, -0.1) is 0 Å². The highest BCUT2D eigenvalue weighted by molar-refractivity contribution is 5.83. The normalized spacial score (nSPS) is 41.9. The monoisotopic (exact) mass is 380 g/mol. The molecule has 0 radical (unpaired) electrons. The van der Waals surface area contributed by atoms with Crippen LogP contribution in [0, 0.1) is 35.0 Å². The quantitative estimate of drug-likeness (QED) is 0.477. The molecule has 4 saturated carbocycles. The maximum atomic E-state index is 12.2. The molecule has 0 bridgehead atoms. The van der Waals surface area contributed by atoms with Crippen molar-refractivity contribution in [2.75, 3.05) is 7.11 Å². The molecule has 4 rings (SSSR count). The van der Waals surface area contributed by atoms with Crippen LogP contribution >= 0.6 is 0 Å². The van der Waals surface area contributed by atoms with Crippen molar-refractivity contribution in [3.8, 4) is 0 Å². The second-order valence-corrected chi connectivity index (χ2v) is 8.49. The third kappa shape index (κ3) is 4.62. The summed E-state index contributed by atoms with van der Waals surface area (Å²) in [6.45, 7) is 14.6. The number of carbonyl (C=O) groups is 1. The molecule has 7 atom stereocenters. The summed E-state index contributed by atoms with van der Waals surface area (Å²) in [4.78, 5) is 12.2. The number of hydrogen-bond acceptors (Lipinski definition) is 2. The van der Waals surface area contributed by atoms with E-state index in [2.05, 4.69) is 6.92 Å². The van der Waals surface area contributed by atoms with Crippen molar-refractivity contribution in [2.24, 2.45) is 35.0 Å². The molecule has 0 saturated heterocycles. The number of Topliss-reactive ketones (excluding diaryl/α,β-unsaturated/α-hetero) is 1. The first kappa shape index (κ1) is 24.7. The third-order valence-corrected chi connectivity index (χ3v) is 7.94. The minimum Gasteiger partial charge on any atom is -0.381 e. The van der Waals surface area contributed by atoms with Crippen molar-refractivity contribution < 1.29 is 9.53 Å². The number of methoxy groups -OCH3 is 1. The number of carbonyl (C=O) groups excluding carboxylic acids is 1. The molecule has 4 aliphatic carbocycles. The van der Waals surface area contributed by atoms with Crippen LogP contribution in [0.2, 0.25) is 0 Å². The van der Waals surface area contributed by atoms with E-state index in [4.69, 9.17) is 4.74 Å². The average molecular weight is 381 g/mol. The van der Waals surface area contributed by atoms with Gasteiger partial charge in [-0.3, -0.25) is 4.79 Å². The summed E-state index contributed by atoms with van der Waals surface area (Å²) in [6.07, 6.45) is 11.8. The largest absolute Gasteiger partial charge is 0.381 e. The van der Waals surface area contributed by atoms with Crippen LogP contribution in [0.4, 0.5) is 0 Å². The Hall–Kier alpha value is -0.370. The molecule has 2 heteroatoms. The number of ether oxygens (including phenoxy) is 1. The van der Waals surface area contributed by atoms with E-state index in [0.717, 1.165) is 24.2 Å². The summed E-state index contributed by atoms with van der Waals surface area (Å²) >= 11 is 0. The topological polar surface area (TPSA) is 26.3 Å². The predicted molar refractivity (Wildman–Crippen MR) is 117 cm³/mol. The van der Waals surface area contributed by atoms with Gasteiger partial charge >= 0.3 is 0 Å². The Balaban J connectivity index is 0.000000556. The Kier molecular flexibility index (Phi) is 10.6. The molecule has 0 aromatic rings. The first-order chi connectivity index (χ1) is 13.1. The summed E-state index contributed by atoms with van der Waals surface area (Å²) in [5.41, 5.74) is 0.485. The van der Waals surface area contributed by atoms with Crippen molar-refractivity contribution in [2.45, 2.75) is 112 Å². The van der Waals surface area contributed by atoms with Crippen LogP contribution in [-0.4, -0.2) is 19.0 Å². The Morgan fingerprint density at radius 2 is 1.52 bits per heavy atom. The Morgan fingerprint density at radius 1 is 0.852 bits per heavy atom. The lowest BCUT2D eigenvalue weighted by Crippen LogP contribution is -2.55. The SMILES string of the molecule is CC.CC.CC.COC1CC2C3CCC(=O)C3CCC2C2(C)CCCCC12. The molecule has 0 amide bonds. The molecular weight excluding hydrogens is 332 g/mol. The lowest BCUT2D eigenvalue weighted by Gasteiger charge is -2.60. The maximum Gasteiger partial charge on any atom is 0.136 e.